The van der Waals surface area contributed by atoms with E-state index in [4.69, 9.17) is 0 Å². The molecule has 0 N–H and O–H groups in total. The van der Waals surface area contributed by atoms with Crippen molar-refractivity contribution in [3.63, 3.8) is 0 Å². The van der Waals surface area contributed by atoms with Gasteiger partial charge in [0.2, 0.25) is 0 Å². The second-order valence-corrected chi connectivity index (χ2v) is 13.6. The lowest BCUT2D eigenvalue weighted by Crippen LogP contribution is -1.99. The van der Waals surface area contributed by atoms with Crippen molar-refractivity contribution in [3.8, 4) is 27.9 Å². The molecule has 0 radical (unpaired) electrons. The normalized spacial score (nSPS) is 11.9. The minimum absolute atomic E-state index is 1.18. The molecule has 0 amide bonds. The minimum atomic E-state index is 1.18. The summed E-state index contributed by atoms with van der Waals surface area (Å²) in [6.45, 7) is 0. The van der Waals surface area contributed by atoms with E-state index in [1.54, 1.807) is 0 Å². The number of rotatable bonds is 3. The third-order valence-electron chi connectivity index (χ3n) is 11.0. The number of nitrogens with zero attached hydrogens (tertiary/aromatic N) is 1. The van der Waals surface area contributed by atoms with Crippen molar-refractivity contribution >= 4 is 75.7 Å². The largest absolute Gasteiger partial charge is 0.309 e. The van der Waals surface area contributed by atoms with E-state index in [1.165, 1.54) is 104 Å². The number of aromatic nitrogens is 1. The summed E-state index contributed by atoms with van der Waals surface area (Å²) in [5, 5.41) is 15.2. The van der Waals surface area contributed by atoms with Crippen molar-refractivity contribution < 1.29 is 0 Å². The fourth-order valence-electron chi connectivity index (χ4n) is 8.84. The number of fused-ring (bicyclic) bond motifs is 10. The van der Waals surface area contributed by atoms with Gasteiger partial charge < -0.3 is 4.57 Å². The molecular formula is C50H31N. The van der Waals surface area contributed by atoms with Crippen LogP contribution in [0.3, 0.4) is 0 Å². The Morgan fingerprint density at radius 2 is 0.627 bits per heavy atom. The zero-order valence-electron chi connectivity index (χ0n) is 27.8. The van der Waals surface area contributed by atoms with Gasteiger partial charge in [-0.25, -0.2) is 0 Å². The highest BCUT2D eigenvalue weighted by atomic mass is 15.0. The molecule has 0 atom stereocenters. The van der Waals surface area contributed by atoms with Crippen molar-refractivity contribution in [3.05, 3.63) is 188 Å². The Balaban J connectivity index is 1.30. The molecule has 0 fully saturated rings. The zero-order valence-corrected chi connectivity index (χ0v) is 27.8. The molecule has 10 aromatic carbocycles. The van der Waals surface area contributed by atoms with Crippen LogP contribution in [0.5, 0.6) is 0 Å². The molecule has 0 saturated heterocycles. The van der Waals surface area contributed by atoms with Crippen LogP contribution in [0.4, 0.5) is 0 Å². The van der Waals surface area contributed by atoms with Crippen LogP contribution in [0, 0.1) is 0 Å². The first-order valence-corrected chi connectivity index (χ1v) is 17.7. The van der Waals surface area contributed by atoms with Gasteiger partial charge in [-0.05, 0) is 88.8 Å². The van der Waals surface area contributed by atoms with Crippen molar-refractivity contribution in [1.82, 2.24) is 4.57 Å². The third kappa shape index (κ3) is 4.03. The SMILES string of the molecule is c1ccc(-n2c3ccc4ccccc4c3c3c4ccccc4ccc32)c(-c2c3ccccc3c(-c3cccc4ccccc34)c3ccccc23)c1. The van der Waals surface area contributed by atoms with Gasteiger partial charge in [-0.2, -0.15) is 0 Å². The van der Waals surface area contributed by atoms with Crippen molar-refractivity contribution in [2.45, 2.75) is 0 Å². The van der Waals surface area contributed by atoms with Crippen LogP contribution in [0.2, 0.25) is 0 Å². The molecule has 0 bridgehead atoms. The quantitative estimate of drug-likeness (QED) is 0.169. The van der Waals surface area contributed by atoms with E-state index >= 15 is 0 Å². The van der Waals surface area contributed by atoms with E-state index in [0.717, 1.165) is 0 Å². The molecule has 0 unspecified atom stereocenters. The van der Waals surface area contributed by atoms with E-state index in [-0.39, 0.29) is 0 Å². The number of hydrogen-bond donors (Lipinski definition) is 0. The van der Waals surface area contributed by atoms with Crippen LogP contribution in [-0.4, -0.2) is 4.57 Å². The van der Waals surface area contributed by atoms with Gasteiger partial charge in [-0.15, -0.1) is 0 Å². The fraction of sp³-hybridized carbons (Fsp3) is 0. The topological polar surface area (TPSA) is 4.93 Å². The second kappa shape index (κ2) is 10.9. The lowest BCUT2D eigenvalue weighted by molar-refractivity contribution is 1.18. The van der Waals surface area contributed by atoms with Gasteiger partial charge in [0.15, 0.2) is 0 Å². The monoisotopic (exact) mass is 645 g/mol. The molecule has 0 saturated carbocycles. The van der Waals surface area contributed by atoms with Gasteiger partial charge in [-0.1, -0.05) is 170 Å². The van der Waals surface area contributed by atoms with Crippen molar-refractivity contribution in [2.24, 2.45) is 0 Å². The van der Waals surface area contributed by atoms with E-state index in [1.807, 2.05) is 0 Å². The summed E-state index contributed by atoms with van der Waals surface area (Å²) >= 11 is 0. The molecule has 0 aliphatic carbocycles. The van der Waals surface area contributed by atoms with Crippen LogP contribution < -0.4 is 0 Å². The molecule has 1 heterocycles. The van der Waals surface area contributed by atoms with Crippen LogP contribution in [0.1, 0.15) is 0 Å². The second-order valence-electron chi connectivity index (χ2n) is 13.6. The molecule has 1 aromatic heterocycles. The van der Waals surface area contributed by atoms with Gasteiger partial charge in [0.05, 0.1) is 16.7 Å². The van der Waals surface area contributed by atoms with Gasteiger partial charge in [0.1, 0.15) is 0 Å². The smallest absolute Gasteiger partial charge is 0.0548 e. The van der Waals surface area contributed by atoms with Gasteiger partial charge in [-0.3, -0.25) is 0 Å². The summed E-state index contributed by atoms with van der Waals surface area (Å²) in [5.74, 6) is 0. The van der Waals surface area contributed by atoms with E-state index in [2.05, 4.69) is 193 Å². The van der Waals surface area contributed by atoms with Crippen LogP contribution in [0.15, 0.2) is 188 Å². The molecule has 1 heteroatoms. The van der Waals surface area contributed by atoms with E-state index in [0.29, 0.717) is 0 Å². The highest BCUT2D eigenvalue weighted by molar-refractivity contribution is 6.29. The summed E-state index contributed by atoms with van der Waals surface area (Å²) in [6, 6.07) is 69.3. The maximum absolute atomic E-state index is 2.51. The minimum Gasteiger partial charge on any atom is -0.309 e. The molecule has 1 nitrogen and oxygen atoms in total. The highest BCUT2D eigenvalue weighted by Gasteiger charge is 2.23. The van der Waals surface area contributed by atoms with Crippen LogP contribution in [0.25, 0.3) is 104 Å². The van der Waals surface area contributed by atoms with Crippen LogP contribution in [-0.2, 0) is 0 Å². The van der Waals surface area contributed by atoms with Gasteiger partial charge in [0, 0.05) is 16.3 Å². The maximum atomic E-state index is 2.51. The Morgan fingerprint density at radius 1 is 0.255 bits per heavy atom. The summed E-state index contributed by atoms with van der Waals surface area (Å²) < 4.78 is 2.51. The Labute approximate surface area is 295 Å². The third-order valence-corrected chi connectivity index (χ3v) is 11.0. The molecule has 11 aromatic rings. The molecule has 0 aliphatic heterocycles. The summed E-state index contributed by atoms with van der Waals surface area (Å²) in [6.07, 6.45) is 0. The Kier molecular flexibility index (Phi) is 6.02. The Bertz CT molecular complexity index is 3040. The van der Waals surface area contributed by atoms with Crippen molar-refractivity contribution in [2.75, 3.05) is 0 Å². The van der Waals surface area contributed by atoms with Crippen molar-refractivity contribution in [1.29, 1.82) is 0 Å². The highest BCUT2D eigenvalue weighted by Crippen LogP contribution is 2.48. The lowest BCUT2D eigenvalue weighted by atomic mass is 9.84. The Hall–Kier alpha value is -6.70. The fourth-order valence-corrected chi connectivity index (χ4v) is 8.84. The first-order chi connectivity index (χ1) is 25.3. The molecule has 11 rings (SSSR count). The van der Waals surface area contributed by atoms with Gasteiger partial charge in [0.25, 0.3) is 0 Å². The standard InChI is InChI=1S/C50H31N/c1-4-18-35-32(14-1)17-13-26-38(35)47-39-21-7-9-23-41(39)48(42-24-10-8-22-40(42)47)43-25-11-12-27-44(43)51-45-30-28-33-15-2-5-19-36(33)49(45)50-37-20-6-3-16-34(37)29-31-46(50)51/h1-31H. The predicted octanol–water partition coefficient (Wildman–Crippen LogP) is 13.9. The lowest BCUT2D eigenvalue weighted by Gasteiger charge is -2.21. The van der Waals surface area contributed by atoms with E-state index < -0.39 is 0 Å². The van der Waals surface area contributed by atoms with E-state index in [9.17, 15) is 0 Å². The number of hydrogen-bond acceptors (Lipinski definition) is 0. The molecule has 0 aliphatic rings. The molecule has 236 valence electrons. The first-order valence-electron chi connectivity index (χ1n) is 17.7. The average molecular weight is 646 g/mol. The summed E-state index contributed by atoms with van der Waals surface area (Å²) in [4.78, 5) is 0. The number of benzene rings is 10. The van der Waals surface area contributed by atoms with Crippen LogP contribution >= 0.6 is 0 Å². The molecule has 51 heavy (non-hydrogen) atoms. The van der Waals surface area contributed by atoms with Gasteiger partial charge >= 0.3 is 0 Å². The molecular weight excluding hydrogens is 615 g/mol. The Morgan fingerprint density at radius 3 is 1.18 bits per heavy atom. The average Bonchev–Trinajstić information content (AvgIpc) is 3.55. The summed E-state index contributed by atoms with van der Waals surface area (Å²) in [7, 11) is 0. The first kappa shape index (κ1) is 28.2. The molecule has 0 spiro atoms. The number of para-hydroxylation sites is 1. The maximum Gasteiger partial charge on any atom is 0.0548 e. The predicted molar refractivity (Wildman–Crippen MR) is 219 cm³/mol. The summed E-state index contributed by atoms with van der Waals surface area (Å²) in [5.41, 5.74) is 8.64. The zero-order chi connectivity index (χ0) is 33.5.